The summed E-state index contributed by atoms with van der Waals surface area (Å²) in [5, 5.41) is 9.04. The van der Waals surface area contributed by atoms with Gasteiger partial charge in [0, 0.05) is 47.6 Å². The summed E-state index contributed by atoms with van der Waals surface area (Å²) < 4.78 is 9.20. The minimum atomic E-state index is 0.620. The Kier molecular flexibility index (Phi) is 8.36. The van der Waals surface area contributed by atoms with Gasteiger partial charge in [-0.15, -0.1) is 11.3 Å². The second kappa shape index (κ2) is 14.7. The van der Waals surface area contributed by atoms with Crippen LogP contribution in [-0.4, -0.2) is 15.0 Å². The van der Waals surface area contributed by atoms with Crippen LogP contribution in [0.4, 0.5) is 0 Å². The minimum absolute atomic E-state index is 0.620. The average Bonchev–Trinajstić information content (AvgIpc) is 3.93. The highest BCUT2D eigenvalue weighted by molar-refractivity contribution is 7.25. The van der Waals surface area contributed by atoms with E-state index in [-0.39, 0.29) is 0 Å². The first-order valence-corrected chi connectivity index (χ1v) is 22.3. The molecule has 64 heavy (non-hydrogen) atoms. The monoisotopic (exact) mass is 833 g/mol. The van der Waals surface area contributed by atoms with Crippen molar-refractivity contribution in [3.63, 3.8) is 0 Å². The summed E-state index contributed by atoms with van der Waals surface area (Å²) in [7, 11) is 0. The molecule has 3 heterocycles. The van der Waals surface area contributed by atoms with Crippen molar-refractivity contribution in [1.29, 1.82) is 0 Å². The van der Waals surface area contributed by atoms with Crippen LogP contribution in [0.15, 0.2) is 217 Å². The van der Waals surface area contributed by atoms with Gasteiger partial charge < -0.3 is 4.42 Å². The zero-order chi connectivity index (χ0) is 42.1. The largest absolute Gasteiger partial charge is 0.456 e. The van der Waals surface area contributed by atoms with Gasteiger partial charge in [0.25, 0.3) is 0 Å². The highest BCUT2D eigenvalue weighted by atomic mass is 32.1. The topological polar surface area (TPSA) is 51.8 Å². The van der Waals surface area contributed by atoms with E-state index < -0.39 is 0 Å². The number of aromatic nitrogens is 3. The second-order valence-corrected chi connectivity index (χ2v) is 17.4. The van der Waals surface area contributed by atoms with E-state index in [1.807, 2.05) is 6.07 Å². The van der Waals surface area contributed by atoms with E-state index in [9.17, 15) is 0 Å². The van der Waals surface area contributed by atoms with Crippen molar-refractivity contribution in [2.75, 3.05) is 0 Å². The molecule has 3 aromatic heterocycles. The lowest BCUT2D eigenvalue weighted by atomic mass is 9.90. The molecule has 298 valence electrons. The summed E-state index contributed by atoms with van der Waals surface area (Å²) in [6.07, 6.45) is 0. The third-order valence-corrected chi connectivity index (χ3v) is 13.7. The number of thiophene rings is 1. The molecule has 5 heteroatoms. The molecule has 0 N–H and O–H groups in total. The third kappa shape index (κ3) is 6.01. The van der Waals surface area contributed by atoms with Gasteiger partial charge >= 0.3 is 0 Å². The number of hydrogen-bond acceptors (Lipinski definition) is 5. The van der Waals surface area contributed by atoms with Crippen molar-refractivity contribution in [3.05, 3.63) is 212 Å². The van der Waals surface area contributed by atoms with Crippen molar-refractivity contribution >= 4 is 75.0 Å². The molecule has 0 spiro atoms. The smallest absolute Gasteiger partial charge is 0.164 e. The molecule has 13 aromatic rings. The Labute approximate surface area is 372 Å². The Balaban J connectivity index is 1.05. The molecule has 0 aliphatic rings. The molecule has 13 rings (SSSR count). The predicted molar refractivity (Wildman–Crippen MR) is 268 cm³/mol. The van der Waals surface area contributed by atoms with Crippen molar-refractivity contribution in [3.8, 4) is 67.5 Å². The van der Waals surface area contributed by atoms with Crippen molar-refractivity contribution in [1.82, 2.24) is 15.0 Å². The summed E-state index contributed by atoms with van der Waals surface area (Å²) >= 11 is 1.80. The lowest BCUT2D eigenvalue weighted by molar-refractivity contribution is 0.669. The summed E-state index contributed by atoms with van der Waals surface area (Å²) in [5.74, 6) is 1.89. The number of hydrogen-bond donors (Lipinski definition) is 0. The van der Waals surface area contributed by atoms with Gasteiger partial charge in [0.05, 0.1) is 0 Å². The fourth-order valence-electron chi connectivity index (χ4n) is 9.48. The van der Waals surface area contributed by atoms with Crippen LogP contribution in [0, 0.1) is 0 Å². The average molecular weight is 834 g/mol. The highest BCUT2D eigenvalue weighted by Crippen LogP contribution is 2.45. The lowest BCUT2D eigenvalue weighted by Crippen LogP contribution is -2.01. The van der Waals surface area contributed by atoms with Gasteiger partial charge in [0.1, 0.15) is 11.2 Å². The minimum Gasteiger partial charge on any atom is -0.456 e. The zero-order valence-electron chi connectivity index (χ0n) is 34.4. The maximum atomic E-state index is 6.76. The van der Waals surface area contributed by atoms with Crippen LogP contribution in [0.1, 0.15) is 0 Å². The number of rotatable bonds is 6. The number of furan rings is 1. The molecule has 0 amide bonds. The summed E-state index contributed by atoms with van der Waals surface area (Å²) in [6.45, 7) is 0. The first kappa shape index (κ1) is 36.4. The molecule has 10 aromatic carbocycles. The summed E-state index contributed by atoms with van der Waals surface area (Å²) in [6, 6.07) is 75.1. The summed E-state index contributed by atoms with van der Waals surface area (Å²) in [4.78, 5) is 16.0. The molecule has 0 saturated carbocycles. The molecule has 0 radical (unpaired) electrons. The van der Waals surface area contributed by atoms with Gasteiger partial charge in [0.2, 0.25) is 0 Å². The Morgan fingerprint density at radius 1 is 0.297 bits per heavy atom. The standard InChI is InChI=1S/C59H35N3OS/c1-3-14-36(15-4-1)38-26-28-39(29-27-38)57-60-58(62-59(61-57)48-23-13-25-54-56(48)47-22-11-12-24-53(47)64-54)46-31-30-45(43-20-9-10-21-44(43)46)49-33-42(37-16-5-2-6-17-37)35-52-55(49)50-32-40-18-7-8-19-41(40)34-51(50)63-52/h1-35H. The van der Waals surface area contributed by atoms with Gasteiger partial charge in [-0.1, -0.05) is 170 Å². The fourth-order valence-corrected chi connectivity index (χ4v) is 10.6. The normalized spacial score (nSPS) is 11.8. The third-order valence-electron chi connectivity index (χ3n) is 12.5. The van der Waals surface area contributed by atoms with Crippen molar-refractivity contribution in [2.24, 2.45) is 0 Å². The molecule has 0 aliphatic carbocycles. The fraction of sp³-hybridized carbons (Fsp3) is 0. The molecule has 0 atom stereocenters. The quantitative estimate of drug-likeness (QED) is 0.167. The van der Waals surface area contributed by atoms with Gasteiger partial charge in [-0.05, 0) is 97.4 Å². The number of fused-ring (bicyclic) bond motifs is 8. The van der Waals surface area contributed by atoms with E-state index in [2.05, 4.69) is 206 Å². The molecule has 0 bridgehead atoms. The predicted octanol–water partition coefficient (Wildman–Crippen LogP) is 16.4. The lowest BCUT2D eigenvalue weighted by Gasteiger charge is -2.15. The molecular weight excluding hydrogens is 799 g/mol. The Hall–Kier alpha value is -8.25. The van der Waals surface area contributed by atoms with E-state index in [0.29, 0.717) is 17.5 Å². The van der Waals surface area contributed by atoms with Crippen LogP contribution >= 0.6 is 11.3 Å². The Bertz CT molecular complexity index is 3950. The van der Waals surface area contributed by atoms with Crippen molar-refractivity contribution < 1.29 is 4.42 Å². The van der Waals surface area contributed by atoms with E-state index >= 15 is 0 Å². The molecule has 0 saturated heterocycles. The Morgan fingerprint density at radius 3 is 1.62 bits per heavy atom. The first-order chi connectivity index (χ1) is 31.7. The van der Waals surface area contributed by atoms with Crippen LogP contribution in [-0.2, 0) is 0 Å². The summed E-state index contributed by atoms with van der Waals surface area (Å²) in [5.41, 5.74) is 11.3. The van der Waals surface area contributed by atoms with Crippen LogP contribution in [0.5, 0.6) is 0 Å². The van der Waals surface area contributed by atoms with Crippen LogP contribution in [0.3, 0.4) is 0 Å². The zero-order valence-corrected chi connectivity index (χ0v) is 35.2. The van der Waals surface area contributed by atoms with E-state index in [0.717, 1.165) is 93.6 Å². The molecular formula is C59H35N3OS. The van der Waals surface area contributed by atoms with E-state index in [1.165, 1.54) is 20.2 Å². The van der Waals surface area contributed by atoms with Crippen LogP contribution in [0.2, 0.25) is 0 Å². The maximum absolute atomic E-state index is 6.76. The molecule has 0 fully saturated rings. The van der Waals surface area contributed by atoms with Gasteiger partial charge in [-0.2, -0.15) is 0 Å². The van der Waals surface area contributed by atoms with Crippen LogP contribution in [0.25, 0.3) is 131 Å². The highest BCUT2D eigenvalue weighted by Gasteiger charge is 2.22. The van der Waals surface area contributed by atoms with Crippen molar-refractivity contribution in [2.45, 2.75) is 0 Å². The van der Waals surface area contributed by atoms with Gasteiger partial charge in [-0.25, -0.2) is 15.0 Å². The van der Waals surface area contributed by atoms with Gasteiger partial charge in [0.15, 0.2) is 17.5 Å². The molecule has 0 aliphatic heterocycles. The molecule has 4 nitrogen and oxygen atoms in total. The maximum Gasteiger partial charge on any atom is 0.164 e. The number of nitrogens with zero attached hydrogens (tertiary/aromatic N) is 3. The first-order valence-electron chi connectivity index (χ1n) is 21.5. The van der Waals surface area contributed by atoms with E-state index in [1.54, 1.807) is 11.3 Å². The second-order valence-electron chi connectivity index (χ2n) is 16.3. The van der Waals surface area contributed by atoms with Crippen LogP contribution < -0.4 is 0 Å². The van der Waals surface area contributed by atoms with Gasteiger partial charge in [-0.3, -0.25) is 0 Å². The Morgan fingerprint density at radius 2 is 0.859 bits per heavy atom. The number of benzene rings is 10. The van der Waals surface area contributed by atoms with E-state index in [4.69, 9.17) is 19.4 Å². The SMILES string of the molecule is c1ccc(-c2ccc(-c3nc(-c4ccc(-c5cc(-c6ccccc6)cc6oc7cc8ccccc8cc7c56)c5ccccc45)nc(-c4cccc5sc6ccccc6c45)n3)cc2)cc1. The molecule has 0 unspecified atom stereocenters.